The summed E-state index contributed by atoms with van der Waals surface area (Å²) in [5, 5.41) is 24.1. The summed E-state index contributed by atoms with van der Waals surface area (Å²) in [6.07, 6.45) is -0.200. The zero-order valence-electron chi connectivity index (χ0n) is 10.7. The molecule has 0 bridgehead atoms. The molecule has 2 rings (SSSR count). The number of nitrogens with zero attached hydrogens (tertiary/aromatic N) is 4. The van der Waals surface area contributed by atoms with Gasteiger partial charge >= 0.3 is 10.2 Å². The maximum Gasteiger partial charge on any atom is 0.302 e. The minimum absolute atomic E-state index is 0.0342. The Kier molecular flexibility index (Phi) is 3.91. The van der Waals surface area contributed by atoms with E-state index in [-0.39, 0.29) is 36.5 Å². The number of carbonyl (C=O) groups excluding carboxylic acids is 1. The molecule has 1 unspecified atom stereocenters. The molecule has 0 radical (unpaired) electrons. The summed E-state index contributed by atoms with van der Waals surface area (Å²) in [5.74, 6) is -1.82. The zero-order chi connectivity index (χ0) is 15.6. The van der Waals surface area contributed by atoms with Gasteiger partial charge in [-0.1, -0.05) is 0 Å². The fraction of sp³-hybridized carbons (Fsp3) is 0.455. The van der Waals surface area contributed by atoms with E-state index in [0.29, 0.717) is 0 Å². The summed E-state index contributed by atoms with van der Waals surface area (Å²) < 4.78 is 34.0. The number of anilines is 1. The zero-order valence-corrected chi connectivity index (χ0v) is 11.5. The van der Waals surface area contributed by atoms with E-state index in [1.807, 2.05) is 12.1 Å². The lowest BCUT2D eigenvalue weighted by Crippen LogP contribution is -2.26. The minimum atomic E-state index is -4.67. The first kappa shape index (κ1) is 14.9. The molecule has 110 valence electrons. The van der Waals surface area contributed by atoms with Gasteiger partial charge in [0.15, 0.2) is 5.82 Å². The summed E-state index contributed by atoms with van der Waals surface area (Å²) in [5.41, 5.74) is 0.345. The van der Waals surface area contributed by atoms with Gasteiger partial charge in [-0.3, -0.25) is 14.8 Å². The molecule has 8 nitrogen and oxygen atoms in total. The molecule has 1 amide bonds. The summed E-state index contributed by atoms with van der Waals surface area (Å²) in [4.78, 5) is 13.0. The molecule has 0 aliphatic carbocycles. The minimum Gasteiger partial charge on any atom is -0.294 e. The summed E-state index contributed by atoms with van der Waals surface area (Å²) in [6, 6.07) is 3.72. The van der Waals surface area contributed by atoms with Crippen LogP contribution in [0.3, 0.4) is 0 Å². The van der Waals surface area contributed by atoms with Crippen molar-refractivity contribution in [2.75, 3.05) is 17.2 Å². The average Bonchev–Trinajstić information content (AvgIpc) is 2.91. The smallest absolute Gasteiger partial charge is 0.294 e. The van der Waals surface area contributed by atoms with Crippen molar-refractivity contribution in [3.8, 4) is 12.1 Å². The van der Waals surface area contributed by atoms with Crippen LogP contribution in [0, 0.1) is 28.6 Å². The summed E-state index contributed by atoms with van der Waals surface area (Å²) >= 11 is 0. The lowest BCUT2D eigenvalue weighted by molar-refractivity contribution is -0.117. The van der Waals surface area contributed by atoms with E-state index in [2.05, 4.69) is 10.2 Å². The van der Waals surface area contributed by atoms with Crippen molar-refractivity contribution >= 4 is 21.9 Å². The van der Waals surface area contributed by atoms with Crippen LogP contribution < -0.4 is 4.90 Å². The normalized spacial score (nSPS) is 18.5. The third-order valence-corrected chi connectivity index (χ3v) is 3.95. The maximum atomic E-state index is 12.7. The molecular formula is C11H10FN5O3S. The van der Waals surface area contributed by atoms with Gasteiger partial charge in [0.05, 0.1) is 23.9 Å². The number of halogens is 1. The van der Waals surface area contributed by atoms with Gasteiger partial charge in [-0.05, 0) is 0 Å². The van der Waals surface area contributed by atoms with E-state index >= 15 is 0 Å². The molecule has 1 aliphatic rings. The quantitative estimate of drug-likeness (QED) is 0.779. The van der Waals surface area contributed by atoms with E-state index in [1.54, 1.807) is 0 Å². The van der Waals surface area contributed by atoms with Crippen LogP contribution in [0.25, 0.3) is 0 Å². The van der Waals surface area contributed by atoms with Crippen molar-refractivity contribution < 1.29 is 17.1 Å². The average molecular weight is 311 g/mol. The molecule has 0 spiro atoms. The van der Waals surface area contributed by atoms with Crippen LogP contribution in [-0.2, 0) is 21.4 Å². The molecular weight excluding hydrogens is 301 g/mol. The first-order chi connectivity index (χ1) is 9.85. The molecule has 1 aromatic heterocycles. The van der Waals surface area contributed by atoms with Crippen molar-refractivity contribution in [2.24, 2.45) is 5.92 Å². The topological polar surface area (TPSA) is 131 Å². The van der Waals surface area contributed by atoms with Crippen LogP contribution in [0.4, 0.5) is 9.70 Å². The van der Waals surface area contributed by atoms with Gasteiger partial charge in [0.2, 0.25) is 5.91 Å². The van der Waals surface area contributed by atoms with Crippen LogP contribution in [0.5, 0.6) is 0 Å². The number of carbonyl (C=O) groups is 1. The highest BCUT2D eigenvalue weighted by Crippen LogP contribution is 2.28. The Bertz CT molecular complexity index is 758. The van der Waals surface area contributed by atoms with Crippen LogP contribution in [0.15, 0.2) is 0 Å². The number of hydrogen-bond donors (Lipinski definition) is 1. The molecule has 0 aromatic carbocycles. The van der Waals surface area contributed by atoms with E-state index in [4.69, 9.17) is 10.5 Å². The Morgan fingerprint density at radius 2 is 2.19 bits per heavy atom. The number of nitrogens with one attached hydrogen (secondary N) is 1. The number of nitriles is 2. The second kappa shape index (κ2) is 5.50. The highest BCUT2D eigenvalue weighted by Gasteiger charge is 2.36. The van der Waals surface area contributed by atoms with Crippen molar-refractivity contribution in [2.45, 2.75) is 12.8 Å². The highest BCUT2D eigenvalue weighted by atomic mass is 32.3. The first-order valence-electron chi connectivity index (χ1n) is 5.92. The third-order valence-electron chi connectivity index (χ3n) is 3.09. The Balaban J connectivity index is 2.26. The Labute approximate surface area is 120 Å². The molecule has 1 aromatic rings. The highest BCUT2D eigenvalue weighted by molar-refractivity contribution is 7.86. The van der Waals surface area contributed by atoms with Gasteiger partial charge in [0, 0.05) is 18.9 Å². The standard InChI is InChI=1S/C11H10FN5O3S/c12-21(19,20)6-7-3-10(18)17(5-7)11-8(4-14)9(1-2-13)15-16-11/h7H,1,3,5-6H2,(H,15,16). The molecule has 1 N–H and O–H groups in total. The maximum absolute atomic E-state index is 12.7. The number of aromatic amines is 1. The molecule has 10 heteroatoms. The number of H-pyrrole nitrogens is 1. The van der Waals surface area contributed by atoms with Crippen LogP contribution in [0.1, 0.15) is 17.7 Å². The SMILES string of the molecule is N#CCc1[nH]nc(N2CC(CS(=O)(=O)F)CC2=O)c1C#N. The van der Waals surface area contributed by atoms with Crippen molar-refractivity contribution in [3.05, 3.63) is 11.3 Å². The molecule has 1 aliphatic heterocycles. The first-order valence-corrected chi connectivity index (χ1v) is 7.48. The van der Waals surface area contributed by atoms with E-state index in [9.17, 15) is 17.1 Å². The monoisotopic (exact) mass is 311 g/mol. The van der Waals surface area contributed by atoms with Crippen LogP contribution in [0.2, 0.25) is 0 Å². The molecule has 1 saturated heterocycles. The molecule has 2 heterocycles. The second-order valence-electron chi connectivity index (χ2n) is 4.63. The van der Waals surface area contributed by atoms with Crippen molar-refractivity contribution in [3.63, 3.8) is 0 Å². The van der Waals surface area contributed by atoms with Crippen LogP contribution in [-0.4, -0.2) is 36.8 Å². The van der Waals surface area contributed by atoms with Gasteiger partial charge in [-0.2, -0.15) is 24.0 Å². The largest absolute Gasteiger partial charge is 0.302 e. The number of aromatic nitrogens is 2. The number of hydrogen-bond acceptors (Lipinski definition) is 6. The van der Waals surface area contributed by atoms with E-state index in [0.717, 1.165) is 4.90 Å². The molecule has 0 saturated carbocycles. The second-order valence-corrected chi connectivity index (χ2v) is 6.04. The predicted octanol–water partition coefficient (Wildman–Crippen LogP) is -0.000340. The van der Waals surface area contributed by atoms with E-state index in [1.165, 1.54) is 0 Å². The fourth-order valence-electron chi connectivity index (χ4n) is 2.27. The van der Waals surface area contributed by atoms with Crippen molar-refractivity contribution in [1.29, 1.82) is 10.5 Å². The van der Waals surface area contributed by atoms with Gasteiger partial charge in [-0.25, -0.2) is 0 Å². The van der Waals surface area contributed by atoms with Gasteiger partial charge in [0.1, 0.15) is 11.6 Å². The van der Waals surface area contributed by atoms with Crippen molar-refractivity contribution in [1.82, 2.24) is 10.2 Å². The Morgan fingerprint density at radius 3 is 2.76 bits per heavy atom. The van der Waals surface area contributed by atoms with Gasteiger partial charge < -0.3 is 0 Å². The lowest BCUT2D eigenvalue weighted by Gasteiger charge is -2.13. The van der Waals surface area contributed by atoms with E-state index < -0.39 is 27.8 Å². The summed E-state index contributed by atoms with van der Waals surface area (Å²) in [7, 11) is -4.67. The lowest BCUT2D eigenvalue weighted by atomic mass is 10.1. The predicted molar refractivity (Wildman–Crippen MR) is 68.0 cm³/mol. The Morgan fingerprint density at radius 1 is 1.48 bits per heavy atom. The Hall–Kier alpha value is -2.46. The van der Waals surface area contributed by atoms with Crippen LogP contribution >= 0.6 is 0 Å². The summed E-state index contributed by atoms with van der Waals surface area (Å²) in [6.45, 7) is -0.0342. The third kappa shape index (κ3) is 3.17. The van der Waals surface area contributed by atoms with Gasteiger partial charge in [-0.15, -0.1) is 3.89 Å². The number of amides is 1. The molecule has 1 atom stereocenters. The fourth-order valence-corrected chi connectivity index (χ4v) is 3.05. The van der Waals surface area contributed by atoms with Gasteiger partial charge in [0.25, 0.3) is 0 Å². The number of rotatable bonds is 4. The molecule has 1 fully saturated rings. The molecule has 21 heavy (non-hydrogen) atoms.